The Bertz CT molecular complexity index is 795. The van der Waals surface area contributed by atoms with Crippen molar-refractivity contribution in [3.8, 4) is 0 Å². The fourth-order valence-electron chi connectivity index (χ4n) is 2.31. The van der Waals surface area contributed by atoms with Crippen molar-refractivity contribution in [2.75, 3.05) is 17.2 Å². The Hall–Kier alpha value is -2.08. The van der Waals surface area contributed by atoms with Crippen LogP contribution in [0, 0.1) is 5.92 Å². The van der Waals surface area contributed by atoms with Gasteiger partial charge in [-0.25, -0.2) is 0 Å². The van der Waals surface area contributed by atoms with E-state index in [0.717, 1.165) is 17.8 Å². The van der Waals surface area contributed by atoms with E-state index in [4.69, 9.17) is 11.6 Å². The molecule has 146 valence electrons. The lowest BCUT2D eigenvalue weighted by Gasteiger charge is -2.13. The van der Waals surface area contributed by atoms with E-state index < -0.39 is 0 Å². The molecule has 2 aromatic carbocycles. The van der Waals surface area contributed by atoms with Gasteiger partial charge in [0.1, 0.15) is 0 Å². The normalized spacial score (nSPS) is 10.3. The van der Waals surface area contributed by atoms with E-state index >= 15 is 0 Å². The highest BCUT2D eigenvalue weighted by Gasteiger charge is 2.15. The smallest absolute Gasteiger partial charge is 0.257 e. The molecule has 2 rings (SSSR count). The molecule has 3 N–H and O–H groups in total. The molecule has 0 aliphatic rings. The number of para-hydroxylation sites is 1. The van der Waals surface area contributed by atoms with Gasteiger partial charge in [-0.2, -0.15) is 0 Å². The first-order chi connectivity index (χ1) is 12.4. The van der Waals surface area contributed by atoms with Gasteiger partial charge in [-0.1, -0.05) is 50.6 Å². The molecule has 0 aliphatic carbocycles. The number of hydrogen-bond donors (Lipinski definition) is 3. The molecule has 27 heavy (non-hydrogen) atoms. The number of hydrogen-bond acceptors (Lipinski definition) is 3. The third-order valence-corrected chi connectivity index (χ3v) is 4.16. The maximum Gasteiger partial charge on any atom is 0.257 e. The van der Waals surface area contributed by atoms with Crippen LogP contribution in [0.1, 0.15) is 36.7 Å². The van der Waals surface area contributed by atoms with E-state index in [0.29, 0.717) is 22.8 Å². The lowest BCUT2D eigenvalue weighted by molar-refractivity contribution is -0.118. The molecule has 0 saturated carbocycles. The van der Waals surface area contributed by atoms with Gasteiger partial charge >= 0.3 is 0 Å². The zero-order valence-corrected chi connectivity index (χ0v) is 17.2. The van der Waals surface area contributed by atoms with Crippen molar-refractivity contribution in [1.82, 2.24) is 5.32 Å². The lowest BCUT2D eigenvalue weighted by Crippen LogP contribution is -2.19. The van der Waals surface area contributed by atoms with Crippen molar-refractivity contribution in [3.63, 3.8) is 0 Å². The minimum Gasteiger partial charge on any atom is -0.326 e. The minimum atomic E-state index is -0.320. The molecule has 2 amide bonds. The Morgan fingerprint density at radius 2 is 1.78 bits per heavy atom. The van der Waals surface area contributed by atoms with Crippen LogP contribution in [-0.4, -0.2) is 18.4 Å². The molecular formula is C20H25Cl2N3O2. The van der Waals surface area contributed by atoms with E-state index in [2.05, 4.69) is 16.0 Å². The van der Waals surface area contributed by atoms with Crippen molar-refractivity contribution in [3.05, 3.63) is 58.6 Å². The molecule has 5 nitrogen and oxygen atoms in total. The summed E-state index contributed by atoms with van der Waals surface area (Å²) in [5.41, 5.74) is 2.57. The third kappa shape index (κ3) is 6.54. The Kier molecular flexibility index (Phi) is 9.29. The fourth-order valence-corrected chi connectivity index (χ4v) is 2.51. The second-order valence-corrected chi connectivity index (χ2v) is 6.64. The first-order valence-corrected chi connectivity index (χ1v) is 9.00. The van der Waals surface area contributed by atoms with E-state index in [-0.39, 0.29) is 30.1 Å². The van der Waals surface area contributed by atoms with Crippen LogP contribution in [0.25, 0.3) is 0 Å². The van der Waals surface area contributed by atoms with Crippen LogP contribution in [-0.2, 0) is 11.3 Å². The van der Waals surface area contributed by atoms with Gasteiger partial charge in [-0.15, -0.1) is 12.4 Å². The SMILES string of the molecule is CCNCc1ccccc1NC(=O)c1cc(NC(=O)C(C)C)ccc1Cl.Cl. The molecule has 0 unspecified atom stereocenters. The van der Waals surface area contributed by atoms with Crippen molar-refractivity contribution < 1.29 is 9.59 Å². The van der Waals surface area contributed by atoms with Crippen molar-refractivity contribution in [2.24, 2.45) is 5.92 Å². The zero-order chi connectivity index (χ0) is 19.1. The van der Waals surface area contributed by atoms with Gasteiger partial charge in [0, 0.05) is 23.8 Å². The van der Waals surface area contributed by atoms with Crippen LogP contribution in [0.2, 0.25) is 5.02 Å². The van der Waals surface area contributed by atoms with Gasteiger partial charge in [0.25, 0.3) is 5.91 Å². The molecule has 0 radical (unpaired) electrons. The van der Waals surface area contributed by atoms with Gasteiger partial charge in [0.2, 0.25) is 5.91 Å². The summed E-state index contributed by atoms with van der Waals surface area (Å²) in [5.74, 6) is -0.588. The summed E-state index contributed by atoms with van der Waals surface area (Å²) in [6, 6.07) is 12.5. The van der Waals surface area contributed by atoms with E-state index in [9.17, 15) is 9.59 Å². The molecule has 7 heteroatoms. The number of amides is 2. The maximum atomic E-state index is 12.7. The Balaban J connectivity index is 0.00000364. The largest absolute Gasteiger partial charge is 0.326 e. The summed E-state index contributed by atoms with van der Waals surface area (Å²) >= 11 is 6.19. The van der Waals surface area contributed by atoms with Gasteiger partial charge in [-0.05, 0) is 36.4 Å². The zero-order valence-electron chi connectivity index (χ0n) is 15.6. The summed E-state index contributed by atoms with van der Waals surface area (Å²) in [7, 11) is 0. The quantitative estimate of drug-likeness (QED) is 0.619. The van der Waals surface area contributed by atoms with Crippen LogP contribution in [0.3, 0.4) is 0 Å². The number of anilines is 2. The number of nitrogens with one attached hydrogen (secondary N) is 3. The average Bonchev–Trinajstić information content (AvgIpc) is 2.62. The van der Waals surface area contributed by atoms with Gasteiger partial charge < -0.3 is 16.0 Å². The van der Waals surface area contributed by atoms with E-state index in [1.807, 2.05) is 31.2 Å². The number of carbonyl (C=O) groups excluding carboxylic acids is 2. The van der Waals surface area contributed by atoms with Crippen LogP contribution in [0.5, 0.6) is 0 Å². The highest BCUT2D eigenvalue weighted by molar-refractivity contribution is 6.34. The highest BCUT2D eigenvalue weighted by atomic mass is 35.5. The predicted octanol–water partition coefficient (Wildman–Crippen LogP) is 4.72. The first-order valence-electron chi connectivity index (χ1n) is 8.62. The van der Waals surface area contributed by atoms with E-state index in [1.54, 1.807) is 32.0 Å². The average molecular weight is 410 g/mol. The molecule has 0 heterocycles. The summed E-state index contributed by atoms with van der Waals surface area (Å²) in [5, 5.41) is 9.26. The van der Waals surface area contributed by atoms with Crippen molar-refractivity contribution in [1.29, 1.82) is 0 Å². The standard InChI is InChI=1S/C20H24ClN3O2.ClH/c1-4-22-12-14-7-5-6-8-18(14)24-20(26)16-11-15(9-10-17(16)21)23-19(25)13(2)3;/h5-11,13,22H,4,12H2,1-3H3,(H,23,25)(H,24,26);1H. The number of halogens is 2. The molecule has 0 aliphatic heterocycles. The predicted molar refractivity (Wildman–Crippen MR) is 114 cm³/mol. The van der Waals surface area contributed by atoms with Gasteiger partial charge in [0.15, 0.2) is 0 Å². The molecule has 0 aromatic heterocycles. The molecule has 0 fully saturated rings. The Morgan fingerprint density at radius 3 is 2.44 bits per heavy atom. The highest BCUT2D eigenvalue weighted by Crippen LogP contribution is 2.23. The van der Waals surface area contributed by atoms with E-state index in [1.165, 1.54) is 0 Å². The monoisotopic (exact) mass is 409 g/mol. The van der Waals surface area contributed by atoms with Crippen LogP contribution in [0.15, 0.2) is 42.5 Å². The van der Waals surface area contributed by atoms with Gasteiger partial charge in [0.05, 0.1) is 10.6 Å². The number of benzene rings is 2. The second-order valence-electron chi connectivity index (χ2n) is 6.23. The second kappa shape index (κ2) is 10.9. The fraction of sp³-hybridized carbons (Fsp3) is 0.300. The molecule has 0 spiro atoms. The summed E-state index contributed by atoms with van der Waals surface area (Å²) < 4.78 is 0. The van der Waals surface area contributed by atoms with Crippen LogP contribution >= 0.6 is 24.0 Å². The molecule has 2 aromatic rings. The van der Waals surface area contributed by atoms with Crippen LogP contribution < -0.4 is 16.0 Å². The minimum absolute atomic E-state index is 0. The maximum absolute atomic E-state index is 12.7. The summed E-state index contributed by atoms with van der Waals surface area (Å²) in [6.45, 7) is 7.13. The Labute approximate surface area is 171 Å². The number of rotatable bonds is 7. The first kappa shape index (κ1) is 23.0. The topological polar surface area (TPSA) is 70.2 Å². The Morgan fingerprint density at radius 1 is 1.07 bits per heavy atom. The summed E-state index contributed by atoms with van der Waals surface area (Å²) in [4.78, 5) is 24.6. The van der Waals surface area contributed by atoms with Crippen molar-refractivity contribution >= 4 is 47.2 Å². The van der Waals surface area contributed by atoms with Gasteiger partial charge in [-0.3, -0.25) is 9.59 Å². The molecule has 0 saturated heterocycles. The molecular weight excluding hydrogens is 385 g/mol. The van der Waals surface area contributed by atoms with Crippen LogP contribution in [0.4, 0.5) is 11.4 Å². The third-order valence-electron chi connectivity index (χ3n) is 3.83. The van der Waals surface area contributed by atoms with Crippen molar-refractivity contribution in [2.45, 2.75) is 27.3 Å². The summed E-state index contributed by atoms with van der Waals surface area (Å²) in [6.07, 6.45) is 0. The molecule has 0 atom stereocenters. The number of carbonyl (C=O) groups is 2. The molecule has 0 bridgehead atoms. The lowest BCUT2D eigenvalue weighted by atomic mass is 10.1.